The highest BCUT2D eigenvalue weighted by atomic mass is 32.2. The van der Waals surface area contributed by atoms with Crippen molar-refractivity contribution in [1.29, 1.82) is 0 Å². The van der Waals surface area contributed by atoms with Crippen LogP contribution in [0.1, 0.15) is 16.8 Å². The number of hydrogen-bond donors (Lipinski definition) is 1. The second-order valence-electron chi connectivity index (χ2n) is 10.7. The molecule has 46 heavy (non-hydrogen) atoms. The summed E-state index contributed by atoms with van der Waals surface area (Å²) in [4.78, 5) is 33.4. The van der Waals surface area contributed by atoms with Crippen molar-refractivity contribution >= 4 is 21.8 Å². The number of rotatable bonds is 13. The van der Waals surface area contributed by atoms with Crippen LogP contribution >= 0.6 is 0 Å². The Balaban J connectivity index is 1.35. The summed E-state index contributed by atoms with van der Waals surface area (Å²) < 4.78 is 52.1. The van der Waals surface area contributed by atoms with E-state index in [2.05, 4.69) is 10.3 Å². The van der Waals surface area contributed by atoms with Crippen LogP contribution in [-0.4, -0.2) is 73.4 Å². The molecule has 0 saturated carbocycles. The van der Waals surface area contributed by atoms with Gasteiger partial charge in [0.2, 0.25) is 15.9 Å². The first-order chi connectivity index (χ1) is 22.3. The highest BCUT2D eigenvalue weighted by molar-refractivity contribution is 7.89. The summed E-state index contributed by atoms with van der Waals surface area (Å²) in [5.74, 6) is -1.00. The lowest BCUT2D eigenvalue weighted by Gasteiger charge is -2.31. The monoisotopic (exact) mass is 646 g/mol. The van der Waals surface area contributed by atoms with Crippen LogP contribution in [0.5, 0.6) is 5.75 Å². The van der Waals surface area contributed by atoms with Gasteiger partial charge in [0.1, 0.15) is 17.6 Å². The molecule has 1 fully saturated rings. The summed E-state index contributed by atoms with van der Waals surface area (Å²) in [5, 5.41) is 2.91. The third kappa shape index (κ3) is 8.75. The Labute approximate surface area is 267 Å². The molecule has 12 heteroatoms. The number of amides is 2. The number of ether oxygens (including phenoxy) is 2. The normalized spacial score (nSPS) is 14.3. The molecule has 0 spiro atoms. The number of carbonyl (C=O) groups excluding carboxylic acids is 2. The van der Waals surface area contributed by atoms with Crippen molar-refractivity contribution in [1.82, 2.24) is 19.5 Å². The van der Waals surface area contributed by atoms with E-state index in [4.69, 9.17) is 9.47 Å². The number of aromatic nitrogens is 1. The maximum atomic E-state index is 13.9. The van der Waals surface area contributed by atoms with Crippen LogP contribution in [0, 0.1) is 5.82 Å². The maximum Gasteiger partial charge on any atom is 0.261 e. The third-order valence-corrected chi connectivity index (χ3v) is 9.41. The first-order valence-electron chi connectivity index (χ1n) is 14.9. The number of pyridine rings is 1. The van der Waals surface area contributed by atoms with Crippen molar-refractivity contribution < 1.29 is 31.9 Å². The number of benzene rings is 3. The van der Waals surface area contributed by atoms with E-state index in [1.165, 1.54) is 45.6 Å². The van der Waals surface area contributed by atoms with E-state index < -0.39 is 34.4 Å². The highest BCUT2D eigenvalue weighted by Crippen LogP contribution is 2.21. The van der Waals surface area contributed by atoms with Crippen LogP contribution in [0.2, 0.25) is 0 Å². The minimum Gasteiger partial charge on any atom is -0.484 e. The number of nitrogens with one attached hydrogen (secondary N) is 1. The predicted octanol–water partition coefficient (Wildman–Crippen LogP) is 3.58. The van der Waals surface area contributed by atoms with Gasteiger partial charge in [-0.25, -0.2) is 12.8 Å². The fourth-order valence-corrected chi connectivity index (χ4v) is 6.42. The van der Waals surface area contributed by atoms with Crippen molar-refractivity contribution in [3.05, 3.63) is 126 Å². The molecular weight excluding hydrogens is 611 g/mol. The van der Waals surface area contributed by atoms with Gasteiger partial charge in [-0.3, -0.25) is 14.6 Å². The second kappa shape index (κ2) is 15.6. The van der Waals surface area contributed by atoms with E-state index >= 15 is 0 Å². The topological polar surface area (TPSA) is 118 Å². The van der Waals surface area contributed by atoms with E-state index in [0.29, 0.717) is 24.5 Å². The standard InChI is InChI=1S/C34H35FN4O6S/c35-28-11-9-27(10-12-28)24-39(32(22-26-6-2-1-3-7-26)34(41)37-23-29-8-4-5-17-36-29)33(40)25-45-30-13-15-31(16-14-30)46(42,43)38-18-20-44-21-19-38/h1-17,32H,18-25H2,(H,37,41)/t32-/m1/s1. The highest BCUT2D eigenvalue weighted by Gasteiger charge is 2.31. The average molecular weight is 647 g/mol. The Morgan fingerprint density at radius 1 is 0.913 bits per heavy atom. The number of sulfonamides is 1. The summed E-state index contributed by atoms with van der Waals surface area (Å²) in [6.45, 7) is 0.993. The minimum absolute atomic E-state index is 0.0215. The Bertz CT molecular complexity index is 1690. The van der Waals surface area contributed by atoms with Crippen LogP contribution in [-0.2, 0) is 43.9 Å². The summed E-state index contributed by atoms with van der Waals surface area (Å²) in [7, 11) is -3.69. The van der Waals surface area contributed by atoms with Crippen LogP contribution in [0.25, 0.3) is 0 Å². The van der Waals surface area contributed by atoms with Gasteiger partial charge in [0.05, 0.1) is 30.3 Å². The summed E-state index contributed by atoms with van der Waals surface area (Å²) in [6, 6.07) is 25.4. The van der Waals surface area contributed by atoms with Gasteiger partial charge in [0, 0.05) is 32.3 Å². The molecule has 1 N–H and O–H groups in total. The number of halogens is 1. The first-order valence-corrected chi connectivity index (χ1v) is 16.3. The molecule has 1 aliphatic rings. The average Bonchev–Trinajstić information content (AvgIpc) is 3.10. The molecule has 1 atom stereocenters. The molecule has 2 amide bonds. The predicted molar refractivity (Wildman–Crippen MR) is 168 cm³/mol. The second-order valence-corrected chi connectivity index (χ2v) is 12.6. The summed E-state index contributed by atoms with van der Waals surface area (Å²) >= 11 is 0. The van der Waals surface area contributed by atoms with E-state index in [-0.39, 0.29) is 49.2 Å². The molecule has 3 aromatic carbocycles. The first kappa shape index (κ1) is 32.7. The van der Waals surface area contributed by atoms with E-state index in [0.717, 1.165) is 5.56 Å². The molecule has 4 aromatic rings. The molecule has 2 heterocycles. The zero-order valence-electron chi connectivity index (χ0n) is 25.1. The minimum atomic E-state index is -3.69. The fraction of sp³-hybridized carbons (Fsp3) is 0.265. The molecule has 0 radical (unpaired) electrons. The van der Waals surface area contributed by atoms with E-state index in [1.807, 2.05) is 36.4 Å². The Kier molecular flexibility index (Phi) is 11.1. The fourth-order valence-electron chi connectivity index (χ4n) is 5.01. The molecule has 240 valence electrons. The lowest BCUT2D eigenvalue weighted by Crippen LogP contribution is -2.51. The Morgan fingerprint density at radius 2 is 1.61 bits per heavy atom. The van der Waals surface area contributed by atoms with Crippen molar-refractivity contribution in [3.63, 3.8) is 0 Å². The summed E-state index contributed by atoms with van der Waals surface area (Å²) in [5.41, 5.74) is 2.13. The van der Waals surface area contributed by atoms with Crippen LogP contribution in [0.3, 0.4) is 0 Å². The Morgan fingerprint density at radius 3 is 2.28 bits per heavy atom. The zero-order valence-corrected chi connectivity index (χ0v) is 25.9. The lowest BCUT2D eigenvalue weighted by molar-refractivity contribution is -0.142. The van der Waals surface area contributed by atoms with Crippen molar-refractivity contribution in [2.24, 2.45) is 0 Å². The molecule has 1 aliphatic heterocycles. The van der Waals surface area contributed by atoms with Crippen molar-refractivity contribution in [2.75, 3.05) is 32.9 Å². The molecule has 0 bridgehead atoms. The number of morpholine rings is 1. The lowest BCUT2D eigenvalue weighted by atomic mass is 10.0. The van der Waals surface area contributed by atoms with Gasteiger partial charge in [-0.1, -0.05) is 48.5 Å². The van der Waals surface area contributed by atoms with Crippen LogP contribution in [0.4, 0.5) is 4.39 Å². The van der Waals surface area contributed by atoms with Gasteiger partial charge in [0.25, 0.3) is 5.91 Å². The maximum absolute atomic E-state index is 13.9. The summed E-state index contributed by atoms with van der Waals surface area (Å²) in [6.07, 6.45) is 1.85. The van der Waals surface area contributed by atoms with Gasteiger partial charge >= 0.3 is 0 Å². The molecular formula is C34H35FN4O6S. The molecule has 1 aromatic heterocycles. The number of carbonyl (C=O) groups is 2. The smallest absolute Gasteiger partial charge is 0.261 e. The molecule has 0 unspecified atom stereocenters. The third-order valence-electron chi connectivity index (χ3n) is 7.50. The van der Waals surface area contributed by atoms with Gasteiger partial charge in [0.15, 0.2) is 6.61 Å². The molecule has 0 aliphatic carbocycles. The quantitative estimate of drug-likeness (QED) is 0.236. The Hall–Kier alpha value is -4.65. The van der Waals surface area contributed by atoms with Crippen molar-refractivity contribution in [2.45, 2.75) is 30.4 Å². The molecule has 10 nitrogen and oxygen atoms in total. The van der Waals surface area contributed by atoms with Crippen molar-refractivity contribution in [3.8, 4) is 5.75 Å². The van der Waals surface area contributed by atoms with Gasteiger partial charge in [-0.05, 0) is 59.7 Å². The number of hydrogen-bond acceptors (Lipinski definition) is 7. The molecule has 5 rings (SSSR count). The number of nitrogens with zero attached hydrogens (tertiary/aromatic N) is 3. The van der Waals surface area contributed by atoms with E-state index in [9.17, 15) is 22.4 Å². The van der Waals surface area contributed by atoms with Crippen LogP contribution in [0.15, 0.2) is 108 Å². The van der Waals surface area contributed by atoms with E-state index in [1.54, 1.807) is 30.5 Å². The SMILES string of the molecule is O=C(NCc1ccccn1)[C@@H](Cc1ccccc1)N(Cc1ccc(F)cc1)C(=O)COc1ccc(S(=O)(=O)N2CCOCC2)cc1. The van der Waals surface area contributed by atoms with Gasteiger partial charge < -0.3 is 19.7 Å². The van der Waals surface area contributed by atoms with Crippen LogP contribution < -0.4 is 10.1 Å². The molecule has 1 saturated heterocycles. The van der Waals surface area contributed by atoms with Gasteiger partial charge in [-0.2, -0.15) is 4.31 Å². The van der Waals surface area contributed by atoms with Gasteiger partial charge in [-0.15, -0.1) is 0 Å². The largest absolute Gasteiger partial charge is 0.484 e. The zero-order chi connectivity index (χ0) is 32.4.